The van der Waals surface area contributed by atoms with Gasteiger partial charge in [-0.25, -0.2) is 0 Å². The fourth-order valence-electron chi connectivity index (χ4n) is 2.62. The first-order valence-corrected chi connectivity index (χ1v) is 9.12. The van der Waals surface area contributed by atoms with Crippen molar-refractivity contribution < 1.29 is 19.1 Å². The number of rotatable bonds is 5. The zero-order chi connectivity index (χ0) is 18.5. The minimum Gasteiger partial charge on any atom is -0.486 e. The van der Waals surface area contributed by atoms with E-state index >= 15 is 0 Å². The van der Waals surface area contributed by atoms with E-state index in [1.54, 1.807) is 24.3 Å². The lowest BCUT2D eigenvalue weighted by Crippen LogP contribution is -2.23. The molecule has 0 fully saturated rings. The number of halogens is 1. The van der Waals surface area contributed by atoms with Gasteiger partial charge in [-0.3, -0.25) is 9.59 Å². The average Bonchev–Trinajstić information content (AvgIpc) is 2.62. The molecule has 0 aromatic heterocycles. The smallest absolute Gasteiger partial charge is 0.251 e. The lowest BCUT2D eigenvalue weighted by atomic mass is 10.1. The van der Waals surface area contributed by atoms with Crippen LogP contribution in [0.4, 0.5) is 5.69 Å². The number of benzene rings is 2. The molecule has 1 aliphatic heterocycles. The molecule has 6 nitrogen and oxygen atoms in total. The Balaban J connectivity index is 1.70. The van der Waals surface area contributed by atoms with Crippen molar-refractivity contribution in [3.63, 3.8) is 0 Å². The Bertz CT molecular complexity index is 838. The molecule has 2 amide bonds. The number of ether oxygens (including phenoxy) is 2. The average molecular weight is 419 g/mol. The Morgan fingerprint density at radius 1 is 1.12 bits per heavy atom. The van der Waals surface area contributed by atoms with Gasteiger partial charge in [-0.1, -0.05) is 22.0 Å². The predicted octanol–water partition coefficient (Wildman–Crippen LogP) is 3.15. The van der Waals surface area contributed by atoms with E-state index in [1.807, 2.05) is 19.1 Å². The first-order valence-electron chi connectivity index (χ1n) is 8.33. The fourth-order valence-corrected chi connectivity index (χ4v) is 3.08. The van der Waals surface area contributed by atoms with Gasteiger partial charge in [0.15, 0.2) is 11.5 Å². The van der Waals surface area contributed by atoms with Crippen LogP contribution in [0.25, 0.3) is 0 Å². The van der Waals surface area contributed by atoms with Crippen LogP contribution in [0.15, 0.2) is 40.9 Å². The van der Waals surface area contributed by atoms with E-state index in [0.29, 0.717) is 42.5 Å². The van der Waals surface area contributed by atoms with Gasteiger partial charge in [0, 0.05) is 22.3 Å². The lowest BCUT2D eigenvalue weighted by Gasteiger charge is -2.19. The summed E-state index contributed by atoms with van der Waals surface area (Å²) in [6.45, 7) is 3.41. The molecule has 3 rings (SSSR count). The largest absolute Gasteiger partial charge is 0.486 e. The molecule has 2 N–H and O–H groups in total. The first kappa shape index (κ1) is 18.3. The molecule has 0 saturated heterocycles. The van der Waals surface area contributed by atoms with Gasteiger partial charge in [0.05, 0.1) is 6.42 Å². The maximum absolute atomic E-state index is 12.4. The topological polar surface area (TPSA) is 76.7 Å². The number of amides is 2. The summed E-state index contributed by atoms with van der Waals surface area (Å²) in [5, 5.41) is 5.56. The maximum atomic E-state index is 12.4. The van der Waals surface area contributed by atoms with Gasteiger partial charge in [0.1, 0.15) is 13.2 Å². The monoisotopic (exact) mass is 418 g/mol. The van der Waals surface area contributed by atoms with Crippen molar-refractivity contribution in [3.05, 3.63) is 52.0 Å². The molecule has 0 radical (unpaired) electrons. The molecule has 26 heavy (non-hydrogen) atoms. The lowest BCUT2D eigenvalue weighted by molar-refractivity contribution is -0.115. The summed E-state index contributed by atoms with van der Waals surface area (Å²) in [7, 11) is 0. The number of hydrogen-bond acceptors (Lipinski definition) is 4. The van der Waals surface area contributed by atoms with Crippen molar-refractivity contribution >= 4 is 33.4 Å². The van der Waals surface area contributed by atoms with Crippen molar-refractivity contribution in [2.45, 2.75) is 13.3 Å². The Labute approximate surface area is 160 Å². The third-order valence-electron chi connectivity index (χ3n) is 3.81. The number of nitrogens with one attached hydrogen (secondary N) is 2. The van der Waals surface area contributed by atoms with Gasteiger partial charge in [0.25, 0.3) is 5.91 Å². The third kappa shape index (κ3) is 4.35. The molecular weight excluding hydrogens is 400 g/mol. The number of carbonyl (C=O) groups excluding carboxylic acids is 2. The van der Waals surface area contributed by atoms with Gasteiger partial charge < -0.3 is 20.1 Å². The van der Waals surface area contributed by atoms with Crippen molar-refractivity contribution in [2.75, 3.05) is 25.1 Å². The second-order valence-corrected chi connectivity index (χ2v) is 6.61. The summed E-state index contributed by atoms with van der Waals surface area (Å²) in [6, 6.07) is 10.5. The molecule has 1 heterocycles. The van der Waals surface area contributed by atoms with E-state index in [2.05, 4.69) is 26.6 Å². The number of hydrogen-bond donors (Lipinski definition) is 2. The second kappa shape index (κ2) is 8.23. The molecule has 0 atom stereocenters. The predicted molar refractivity (Wildman–Crippen MR) is 102 cm³/mol. The van der Waals surface area contributed by atoms with Crippen LogP contribution < -0.4 is 20.1 Å². The minimum absolute atomic E-state index is 0.168. The van der Waals surface area contributed by atoms with Crippen molar-refractivity contribution in [1.29, 1.82) is 0 Å². The van der Waals surface area contributed by atoms with E-state index in [1.165, 1.54) is 0 Å². The van der Waals surface area contributed by atoms with Gasteiger partial charge in [0.2, 0.25) is 5.91 Å². The molecule has 136 valence electrons. The molecule has 0 aliphatic carbocycles. The maximum Gasteiger partial charge on any atom is 0.251 e. The van der Waals surface area contributed by atoms with Crippen LogP contribution in [0.1, 0.15) is 22.8 Å². The molecular formula is C19H19BrN2O4. The molecule has 7 heteroatoms. The SMILES string of the molecule is CCNC(=O)c1cccc(NC(=O)Cc2cc3c(cc2Br)OCCO3)c1. The highest BCUT2D eigenvalue weighted by atomic mass is 79.9. The molecule has 0 bridgehead atoms. The first-order chi connectivity index (χ1) is 12.6. The van der Waals surface area contributed by atoms with Gasteiger partial charge >= 0.3 is 0 Å². The molecule has 0 unspecified atom stereocenters. The van der Waals surface area contributed by atoms with Crippen LogP contribution in [0.3, 0.4) is 0 Å². The number of anilines is 1. The van der Waals surface area contributed by atoms with Gasteiger partial charge in [-0.15, -0.1) is 0 Å². The molecule has 0 spiro atoms. The summed E-state index contributed by atoms with van der Waals surface area (Å²) in [6.07, 6.45) is 0.169. The van der Waals surface area contributed by atoms with Crippen LogP contribution in [-0.2, 0) is 11.2 Å². The van der Waals surface area contributed by atoms with Crippen LogP contribution in [0, 0.1) is 0 Å². The number of fused-ring (bicyclic) bond motifs is 1. The van der Waals surface area contributed by atoms with E-state index in [0.717, 1.165) is 10.0 Å². The Morgan fingerprint density at radius 3 is 2.58 bits per heavy atom. The van der Waals surface area contributed by atoms with E-state index < -0.39 is 0 Å². The third-order valence-corrected chi connectivity index (χ3v) is 4.55. The van der Waals surface area contributed by atoms with Crippen molar-refractivity contribution in [1.82, 2.24) is 5.32 Å². The number of carbonyl (C=O) groups is 2. The highest BCUT2D eigenvalue weighted by Crippen LogP contribution is 2.35. The normalized spacial score (nSPS) is 12.4. The quantitative estimate of drug-likeness (QED) is 0.781. The van der Waals surface area contributed by atoms with E-state index in [-0.39, 0.29) is 18.2 Å². The molecule has 2 aromatic rings. The van der Waals surface area contributed by atoms with Crippen LogP contribution in [-0.4, -0.2) is 31.6 Å². The summed E-state index contributed by atoms with van der Waals surface area (Å²) < 4.78 is 11.9. The Morgan fingerprint density at radius 2 is 1.85 bits per heavy atom. The summed E-state index contributed by atoms with van der Waals surface area (Å²) in [4.78, 5) is 24.3. The van der Waals surface area contributed by atoms with Crippen LogP contribution in [0.2, 0.25) is 0 Å². The zero-order valence-electron chi connectivity index (χ0n) is 14.3. The van der Waals surface area contributed by atoms with Gasteiger partial charge in [-0.05, 0) is 42.8 Å². The van der Waals surface area contributed by atoms with Crippen molar-refractivity contribution in [2.24, 2.45) is 0 Å². The van der Waals surface area contributed by atoms with Crippen LogP contribution >= 0.6 is 15.9 Å². The summed E-state index contributed by atoms with van der Waals surface area (Å²) >= 11 is 3.47. The standard InChI is InChI=1S/C19H19BrN2O4/c1-2-21-19(24)12-4-3-5-14(8-12)22-18(23)10-13-9-16-17(11-15(13)20)26-7-6-25-16/h3-5,8-9,11H,2,6-7,10H2,1H3,(H,21,24)(H,22,23). The highest BCUT2D eigenvalue weighted by molar-refractivity contribution is 9.10. The molecule has 2 aromatic carbocycles. The minimum atomic E-state index is -0.185. The summed E-state index contributed by atoms with van der Waals surface area (Å²) in [5.41, 5.74) is 1.88. The van der Waals surface area contributed by atoms with E-state index in [4.69, 9.17) is 9.47 Å². The summed E-state index contributed by atoms with van der Waals surface area (Å²) in [5.74, 6) is 0.955. The second-order valence-electron chi connectivity index (χ2n) is 5.75. The van der Waals surface area contributed by atoms with Crippen molar-refractivity contribution in [3.8, 4) is 11.5 Å². The highest BCUT2D eigenvalue weighted by Gasteiger charge is 2.17. The molecule has 0 saturated carbocycles. The fraction of sp³-hybridized carbons (Fsp3) is 0.263. The van der Waals surface area contributed by atoms with E-state index in [9.17, 15) is 9.59 Å². The zero-order valence-corrected chi connectivity index (χ0v) is 15.9. The van der Waals surface area contributed by atoms with Crippen LogP contribution in [0.5, 0.6) is 11.5 Å². The Kier molecular flexibility index (Phi) is 5.78. The molecule has 1 aliphatic rings. The Hall–Kier alpha value is -2.54. The van der Waals surface area contributed by atoms with Gasteiger partial charge in [-0.2, -0.15) is 0 Å².